The highest BCUT2D eigenvalue weighted by molar-refractivity contribution is 6.17. The smallest absolute Gasteiger partial charge is 0.277 e. The number of aliphatic hydroxyl groups is 1. The average Bonchev–Trinajstić information content (AvgIpc) is 2.90. The Morgan fingerprint density at radius 1 is 1.00 bits per heavy atom. The number of β-amino-alcohol motifs (C(OH)–C–C–N with tert-alkyl or cyclic N) is 1. The van der Waals surface area contributed by atoms with E-state index in [0.717, 1.165) is 21.6 Å². The minimum absolute atomic E-state index is 0.00478. The van der Waals surface area contributed by atoms with E-state index >= 15 is 0 Å². The van der Waals surface area contributed by atoms with Crippen LogP contribution in [0.2, 0.25) is 0 Å². The monoisotopic (exact) mass is 334 g/mol. The summed E-state index contributed by atoms with van der Waals surface area (Å²) in [7, 11) is 0. The summed E-state index contributed by atoms with van der Waals surface area (Å²) in [5.41, 5.74) is 3.83. The first-order chi connectivity index (χ1) is 12.1. The van der Waals surface area contributed by atoms with Crippen molar-refractivity contribution in [3.05, 3.63) is 84.1 Å². The van der Waals surface area contributed by atoms with Gasteiger partial charge in [-0.1, -0.05) is 49.0 Å². The largest absolute Gasteiger partial charge is 0.395 e. The first-order valence-corrected chi connectivity index (χ1v) is 7.90. The summed E-state index contributed by atoms with van der Waals surface area (Å²) < 4.78 is 0. The summed E-state index contributed by atoms with van der Waals surface area (Å²) in [5, 5.41) is 11.9. The lowest BCUT2D eigenvalue weighted by Crippen LogP contribution is -2.34. The molecule has 2 aromatic carbocycles. The number of nitrogens with one attached hydrogen (secondary N) is 1. The van der Waals surface area contributed by atoms with Gasteiger partial charge in [0.25, 0.3) is 11.8 Å². The highest BCUT2D eigenvalue weighted by Gasteiger charge is 2.30. The molecule has 5 nitrogen and oxygen atoms in total. The van der Waals surface area contributed by atoms with Gasteiger partial charge in [0, 0.05) is 11.8 Å². The molecular weight excluding hydrogens is 316 g/mol. The normalized spacial score (nSPS) is 13.8. The minimum Gasteiger partial charge on any atom is -0.395 e. The van der Waals surface area contributed by atoms with Crippen LogP contribution in [0.3, 0.4) is 0 Å². The van der Waals surface area contributed by atoms with E-state index in [2.05, 4.69) is 11.9 Å². The van der Waals surface area contributed by atoms with E-state index in [9.17, 15) is 9.59 Å². The number of aliphatic hydroxyl groups excluding tert-OH is 1. The molecule has 1 aliphatic heterocycles. The second kappa shape index (κ2) is 7.15. The molecule has 0 fully saturated rings. The zero-order chi connectivity index (χ0) is 17.8. The number of nitrogens with zero attached hydrogens (tertiary/aromatic N) is 1. The van der Waals surface area contributed by atoms with Gasteiger partial charge in [0.05, 0.1) is 13.2 Å². The van der Waals surface area contributed by atoms with Crippen molar-refractivity contribution in [1.29, 1.82) is 0 Å². The van der Waals surface area contributed by atoms with Gasteiger partial charge in [-0.2, -0.15) is 0 Å². The number of hydrogen-bond donors (Lipinski definition) is 2. The molecule has 0 atom stereocenters. The molecule has 0 aromatic heterocycles. The summed E-state index contributed by atoms with van der Waals surface area (Å²) >= 11 is 0. The fourth-order valence-electron chi connectivity index (χ4n) is 2.63. The van der Waals surface area contributed by atoms with Gasteiger partial charge in [-0.05, 0) is 28.8 Å². The van der Waals surface area contributed by atoms with E-state index in [-0.39, 0.29) is 18.8 Å². The predicted molar refractivity (Wildman–Crippen MR) is 96.5 cm³/mol. The standard InChI is InChI=1S/C20H18N2O3/c1-14(15-5-3-2-4-6-15)16-7-9-17(10-8-16)21-18-13-19(24)22(11-12-23)20(18)25/h2-10,13,21,23H,1,11-12H2. The van der Waals surface area contributed by atoms with Gasteiger partial charge in [0.2, 0.25) is 0 Å². The number of rotatable bonds is 6. The van der Waals surface area contributed by atoms with E-state index in [1.165, 1.54) is 6.08 Å². The summed E-state index contributed by atoms with van der Waals surface area (Å²) in [5.74, 6) is -0.854. The lowest BCUT2D eigenvalue weighted by Gasteiger charge is -2.13. The Bertz CT molecular complexity index is 839. The molecule has 2 N–H and O–H groups in total. The van der Waals surface area contributed by atoms with Crippen LogP contribution in [0.5, 0.6) is 0 Å². The molecule has 2 amide bonds. The van der Waals surface area contributed by atoms with E-state index in [1.54, 1.807) is 0 Å². The highest BCUT2D eigenvalue weighted by Crippen LogP contribution is 2.24. The van der Waals surface area contributed by atoms with E-state index in [0.29, 0.717) is 5.69 Å². The maximum Gasteiger partial charge on any atom is 0.277 e. The molecule has 3 rings (SSSR count). The molecule has 126 valence electrons. The second-order valence-corrected chi connectivity index (χ2v) is 5.62. The third-order valence-electron chi connectivity index (χ3n) is 3.97. The molecule has 0 saturated heterocycles. The quantitative estimate of drug-likeness (QED) is 0.796. The van der Waals surface area contributed by atoms with Crippen LogP contribution in [0.25, 0.3) is 5.57 Å². The van der Waals surface area contributed by atoms with Crippen LogP contribution in [0, 0.1) is 0 Å². The molecule has 0 unspecified atom stereocenters. The van der Waals surface area contributed by atoms with E-state index < -0.39 is 11.8 Å². The van der Waals surface area contributed by atoms with Gasteiger partial charge < -0.3 is 10.4 Å². The Balaban J connectivity index is 1.72. The van der Waals surface area contributed by atoms with Crippen molar-refractivity contribution in [1.82, 2.24) is 4.90 Å². The fourth-order valence-corrected chi connectivity index (χ4v) is 2.63. The maximum absolute atomic E-state index is 12.1. The van der Waals surface area contributed by atoms with Crippen LogP contribution in [0.15, 0.2) is 72.9 Å². The van der Waals surface area contributed by atoms with Gasteiger partial charge >= 0.3 is 0 Å². The lowest BCUT2D eigenvalue weighted by atomic mass is 9.99. The van der Waals surface area contributed by atoms with Crippen molar-refractivity contribution in [3.63, 3.8) is 0 Å². The minimum atomic E-state index is -0.433. The number of anilines is 1. The van der Waals surface area contributed by atoms with Gasteiger partial charge in [-0.15, -0.1) is 0 Å². The average molecular weight is 334 g/mol. The van der Waals surface area contributed by atoms with Crippen LogP contribution < -0.4 is 5.32 Å². The Labute approximate surface area is 145 Å². The van der Waals surface area contributed by atoms with Crippen LogP contribution in [-0.2, 0) is 9.59 Å². The Morgan fingerprint density at radius 3 is 2.28 bits per heavy atom. The Hall–Kier alpha value is -3.18. The van der Waals surface area contributed by atoms with Crippen LogP contribution >= 0.6 is 0 Å². The summed E-state index contributed by atoms with van der Waals surface area (Å²) in [6.07, 6.45) is 1.24. The van der Waals surface area contributed by atoms with Crippen molar-refractivity contribution >= 4 is 23.1 Å². The zero-order valence-corrected chi connectivity index (χ0v) is 13.6. The van der Waals surface area contributed by atoms with Crippen molar-refractivity contribution in [2.45, 2.75) is 0 Å². The molecule has 0 radical (unpaired) electrons. The molecule has 5 heteroatoms. The molecule has 0 bridgehead atoms. The van der Waals surface area contributed by atoms with Crippen LogP contribution in [0.1, 0.15) is 11.1 Å². The molecule has 0 spiro atoms. The summed E-state index contributed by atoms with van der Waals surface area (Å²) in [6.45, 7) is 3.86. The van der Waals surface area contributed by atoms with Crippen molar-refractivity contribution in [2.75, 3.05) is 18.5 Å². The lowest BCUT2D eigenvalue weighted by molar-refractivity contribution is -0.137. The van der Waals surface area contributed by atoms with Crippen molar-refractivity contribution in [3.8, 4) is 0 Å². The first-order valence-electron chi connectivity index (χ1n) is 7.90. The highest BCUT2D eigenvalue weighted by atomic mass is 16.3. The first kappa shape index (κ1) is 16.7. The summed E-state index contributed by atoms with van der Waals surface area (Å²) in [6, 6.07) is 17.4. The maximum atomic E-state index is 12.1. The fraction of sp³-hybridized carbons (Fsp3) is 0.100. The molecule has 0 aliphatic carbocycles. The van der Waals surface area contributed by atoms with Gasteiger partial charge in [0.1, 0.15) is 5.70 Å². The molecule has 1 aliphatic rings. The molecule has 25 heavy (non-hydrogen) atoms. The topological polar surface area (TPSA) is 69.6 Å². The van der Waals surface area contributed by atoms with E-state index in [4.69, 9.17) is 5.11 Å². The third-order valence-corrected chi connectivity index (χ3v) is 3.97. The van der Waals surface area contributed by atoms with Crippen molar-refractivity contribution in [2.24, 2.45) is 0 Å². The van der Waals surface area contributed by atoms with Crippen LogP contribution in [0.4, 0.5) is 5.69 Å². The molecule has 1 heterocycles. The number of carbonyl (C=O) groups is 2. The van der Waals surface area contributed by atoms with E-state index in [1.807, 2.05) is 54.6 Å². The number of carbonyl (C=O) groups excluding carboxylic acids is 2. The Kier molecular flexibility index (Phi) is 4.77. The third kappa shape index (κ3) is 3.51. The Morgan fingerprint density at radius 2 is 1.64 bits per heavy atom. The number of hydrogen-bond acceptors (Lipinski definition) is 4. The van der Waals surface area contributed by atoms with Gasteiger partial charge in [-0.25, -0.2) is 0 Å². The van der Waals surface area contributed by atoms with Crippen molar-refractivity contribution < 1.29 is 14.7 Å². The number of imide groups is 1. The second-order valence-electron chi connectivity index (χ2n) is 5.62. The number of amides is 2. The molecular formula is C20H18N2O3. The van der Waals surface area contributed by atoms with Crippen LogP contribution in [-0.4, -0.2) is 35.0 Å². The molecule has 2 aromatic rings. The molecule has 0 saturated carbocycles. The van der Waals surface area contributed by atoms with Gasteiger partial charge in [-0.3, -0.25) is 14.5 Å². The summed E-state index contributed by atoms with van der Waals surface area (Å²) in [4.78, 5) is 24.9. The SMILES string of the molecule is C=C(c1ccccc1)c1ccc(NC2=CC(=O)N(CCO)C2=O)cc1. The van der Waals surface area contributed by atoms with Gasteiger partial charge in [0.15, 0.2) is 0 Å². The predicted octanol–water partition coefficient (Wildman–Crippen LogP) is 2.40. The zero-order valence-electron chi connectivity index (χ0n) is 13.6. The number of benzene rings is 2.